The van der Waals surface area contributed by atoms with Crippen molar-refractivity contribution >= 4 is 35.0 Å². The van der Waals surface area contributed by atoms with Crippen molar-refractivity contribution < 1.29 is 13.9 Å². The first-order valence-electron chi connectivity index (χ1n) is 9.40. The lowest BCUT2D eigenvalue weighted by atomic mass is 10.2. The lowest BCUT2D eigenvalue weighted by Crippen LogP contribution is -2.15. The van der Waals surface area contributed by atoms with Gasteiger partial charge in [0.2, 0.25) is 5.91 Å². The highest BCUT2D eigenvalue weighted by Gasteiger charge is 2.18. The predicted octanol–water partition coefficient (Wildman–Crippen LogP) is 5.04. The van der Waals surface area contributed by atoms with Gasteiger partial charge in [0.05, 0.1) is 10.8 Å². The van der Waals surface area contributed by atoms with E-state index in [1.807, 2.05) is 38.2 Å². The number of benzene rings is 2. The van der Waals surface area contributed by atoms with Crippen molar-refractivity contribution in [3.05, 3.63) is 64.7 Å². The molecule has 1 aromatic heterocycles. The van der Waals surface area contributed by atoms with E-state index < -0.39 is 5.82 Å². The number of carbonyl (C=O) groups excluding carboxylic acids is 1. The second-order valence-corrected chi connectivity index (χ2v) is 7.97. The highest BCUT2D eigenvalue weighted by atomic mass is 35.5. The van der Waals surface area contributed by atoms with Gasteiger partial charge >= 0.3 is 0 Å². The molecule has 0 unspecified atom stereocenters. The van der Waals surface area contributed by atoms with Crippen molar-refractivity contribution in [1.29, 1.82) is 0 Å². The Morgan fingerprint density at radius 1 is 1.27 bits per heavy atom. The number of ether oxygens (including phenoxy) is 1. The highest BCUT2D eigenvalue weighted by molar-refractivity contribution is 7.99. The highest BCUT2D eigenvalue weighted by Crippen LogP contribution is 2.24. The molecule has 2 aromatic carbocycles. The van der Waals surface area contributed by atoms with Gasteiger partial charge in [-0.1, -0.05) is 42.4 Å². The molecule has 0 radical (unpaired) electrons. The molecule has 6 nitrogen and oxygen atoms in total. The summed E-state index contributed by atoms with van der Waals surface area (Å²) in [4.78, 5) is 12.2. The predicted molar refractivity (Wildman–Crippen MR) is 117 cm³/mol. The molecular weight excluding hydrogens is 427 g/mol. The van der Waals surface area contributed by atoms with Crippen LogP contribution in [-0.4, -0.2) is 26.4 Å². The molecule has 0 fully saturated rings. The van der Waals surface area contributed by atoms with Crippen LogP contribution in [0.5, 0.6) is 5.75 Å². The third-order valence-corrected chi connectivity index (χ3v) is 5.72. The summed E-state index contributed by atoms with van der Waals surface area (Å²) >= 11 is 6.98. The van der Waals surface area contributed by atoms with Crippen LogP contribution >= 0.6 is 23.4 Å². The van der Waals surface area contributed by atoms with Crippen molar-refractivity contribution in [1.82, 2.24) is 14.8 Å². The van der Waals surface area contributed by atoms with Crippen molar-refractivity contribution in [3.8, 4) is 5.75 Å². The molecule has 1 amide bonds. The van der Waals surface area contributed by atoms with Crippen LogP contribution in [0.4, 0.5) is 10.1 Å². The molecule has 0 aliphatic heterocycles. The van der Waals surface area contributed by atoms with Gasteiger partial charge in [0.1, 0.15) is 11.6 Å². The zero-order valence-corrected chi connectivity index (χ0v) is 18.4. The molecule has 0 saturated carbocycles. The van der Waals surface area contributed by atoms with Gasteiger partial charge in [-0.25, -0.2) is 4.39 Å². The summed E-state index contributed by atoms with van der Waals surface area (Å²) in [6.07, 6.45) is 0.668. The number of carbonyl (C=O) groups is 1. The monoisotopic (exact) mass is 448 g/mol. The second kappa shape index (κ2) is 9.95. The topological polar surface area (TPSA) is 69.0 Å². The van der Waals surface area contributed by atoms with E-state index in [0.29, 0.717) is 16.7 Å². The van der Waals surface area contributed by atoms with Crippen molar-refractivity contribution in [2.75, 3.05) is 11.1 Å². The average molecular weight is 449 g/mol. The molecule has 3 rings (SSSR count). The van der Waals surface area contributed by atoms with Crippen molar-refractivity contribution in [3.63, 3.8) is 0 Å². The van der Waals surface area contributed by atoms with Crippen LogP contribution < -0.4 is 10.1 Å². The molecule has 158 valence electrons. The van der Waals surface area contributed by atoms with Gasteiger partial charge in [-0.15, -0.1) is 10.2 Å². The molecule has 30 heavy (non-hydrogen) atoms. The number of nitrogens with zero attached hydrogens (tertiary/aromatic N) is 3. The summed E-state index contributed by atoms with van der Waals surface area (Å²) in [6.45, 7) is 4.00. The number of rotatable bonds is 8. The van der Waals surface area contributed by atoms with Crippen LogP contribution in [0.25, 0.3) is 0 Å². The van der Waals surface area contributed by atoms with E-state index in [9.17, 15) is 9.18 Å². The Morgan fingerprint density at radius 3 is 2.67 bits per heavy atom. The maximum absolute atomic E-state index is 13.2. The van der Waals surface area contributed by atoms with Crippen molar-refractivity contribution in [2.24, 2.45) is 7.05 Å². The number of aryl methyl sites for hydroxylation is 1. The van der Waals surface area contributed by atoms with Gasteiger partial charge in [-0.2, -0.15) is 0 Å². The molecule has 0 spiro atoms. The van der Waals surface area contributed by atoms with E-state index in [1.165, 1.54) is 35.5 Å². The molecule has 0 saturated heterocycles. The zero-order valence-electron chi connectivity index (χ0n) is 16.9. The number of nitrogens with one attached hydrogen (secondary N) is 1. The summed E-state index contributed by atoms with van der Waals surface area (Å²) < 4.78 is 21.0. The molecule has 1 N–H and O–H groups in total. The van der Waals surface area contributed by atoms with Crippen LogP contribution in [0.2, 0.25) is 5.02 Å². The van der Waals surface area contributed by atoms with E-state index in [2.05, 4.69) is 22.4 Å². The molecule has 1 atom stereocenters. The lowest BCUT2D eigenvalue weighted by Gasteiger charge is -2.14. The Kier molecular flexibility index (Phi) is 7.33. The smallest absolute Gasteiger partial charge is 0.234 e. The van der Waals surface area contributed by atoms with Gasteiger partial charge < -0.3 is 14.6 Å². The van der Waals surface area contributed by atoms with Crippen molar-refractivity contribution in [2.45, 2.75) is 31.5 Å². The fraction of sp³-hybridized carbons (Fsp3) is 0.286. The Bertz CT molecular complexity index is 1030. The first-order valence-corrected chi connectivity index (χ1v) is 10.8. The van der Waals surface area contributed by atoms with Gasteiger partial charge in [-0.05, 0) is 49.2 Å². The Hall–Kier alpha value is -2.58. The number of amides is 1. The maximum atomic E-state index is 13.2. The van der Waals surface area contributed by atoms with Gasteiger partial charge in [-0.3, -0.25) is 4.79 Å². The first-order chi connectivity index (χ1) is 14.4. The van der Waals surface area contributed by atoms with Crippen LogP contribution in [0.1, 0.15) is 31.3 Å². The van der Waals surface area contributed by atoms with E-state index >= 15 is 0 Å². The van der Waals surface area contributed by atoms with E-state index in [0.717, 1.165) is 12.2 Å². The number of anilines is 1. The molecule has 0 aliphatic rings. The fourth-order valence-electron chi connectivity index (χ4n) is 2.77. The van der Waals surface area contributed by atoms with E-state index in [4.69, 9.17) is 16.3 Å². The number of hydrogen-bond donors (Lipinski definition) is 1. The largest absolute Gasteiger partial charge is 0.483 e. The second-order valence-electron chi connectivity index (χ2n) is 6.62. The van der Waals surface area contributed by atoms with Crippen LogP contribution in [0, 0.1) is 5.82 Å². The number of thioether (sulfide) groups is 1. The number of halogens is 2. The molecule has 0 bridgehead atoms. The van der Waals surface area contributed by atoms with Gasteiger partial charge in [0.25, 0.3) is 0 Å². The maximum Gasteiger partial charge on any atom is 0.234 e. The van der Waals surface area contributed by atoms with Crippen LogP contribution in [0.15, 0.2) is 47.6 Å². The molecular formula is C21H22ClFN4O2S. The fourth-order valence-corrected chi connectivity index (χ4v) is 3.67. The minimum atomic E-state index is -0.534. The first kappa shape index (κ1) is 22.1. The minimum absolute atomic E-state index is 0.0447. The molecule has 3 aromatic rings. The lowest BCUT2D eigenvalue weighted by molar-refractivity contribution is -0.113. The Morgan fingerprint density at radius 2 is 2.00 bits per heavy atom. The van der Waals surface area contributed by atoms with Crippen LogP contribution in [-0.2, 0) is 18.3 Å². The summed E-state index contributed by atoms with van der Waals surface area (Å²) in [5.74, 6) is 0.743. The summed E-state index contributed by atoms with van der Waals surface area (Å²) in [6, 6.07) is 12.0. The normalized spacial score (nSPS) is 11.9. The Balaban J connectivity index is 1.57. The average Bonchev–Trinajstić information content (AvgIpc) is 3.10. The third-order valence-electron chi connectivity index (χ3n) is 4.41. The quantitative estimate of drug-likeness (QED) is 0.489. The number of hydrogen-bond acceptors (Lipinski definition) is 5. The van der Waals surface area contributed by atoms with Gasteiger partial charge in [0.15, 0.2) is 17.1 Å². The SMILES string of the molecule is CCc1ccc(O[C@H](C)c2nnc(SCC(=O)Nc3ccc(F)c(Cl)c3)n2C)cc1. The zero-order chi connectivity index (χ0) is 21.7. The minimum Gasteiger partial charge on any atom is -0.483 e. The standard InChI is InChI=1S/C21H22ClFN4O2S/c1-4-14-5-8-16(9-6-14)29-13(2)20-25-26-21(27(20)3)30-12-19(28)24-15-7-10-18(23)17(22)11-15/h5-11,13H,4,12H2,1-3H3,(H,24,28)/t13-/m1/s1. The summed E-state index contributed by atoms with van der Waals surface area (Å²) in [7, 11) is 1.83. The van der Waals surface area contributed by atoms with Gasteiger partial charge in [0, 0.05) is 12.7 Å². The molecule has 0 aliphatic carbocycles. The Labute approximate surface area is 183 Å². The molecule has 9 heteroatoms. The third kappa shape index (κ3) is 5.52. The molecule has 1 heterocycles. The van der Waals surface area contributed by atoms with Crippen LogP contribution in [0.3, 0.4) is 0 Å². The summed E-state index contributed by atoms with van der Waals surface area (Å²) in [5.41, 5.74) is 1.68. The van der Waals surface area contributed by atoms with E-state index in [-0.39, 0.29) is 22.8 Å². The number of aromatic nitrogens is 3. The summed E-state index contributed by atoms with van der Waals surface area (Å²) in [5, 5.41) is 11.6. The van der Waals surface area contributed by atoms with E-state index in [1.54, 1.807) is 4.57 Å².